The van der Waals surface area contributed by atoms with Gasteiger partial charge in [0.25, 0.3) is 0 Å². The number of rotatable bonds is 2. The van der Waals surface area contributed by atoms with Crippen LogP contribution in [-0.4, -0.2) is 43.2 Å². The van der Waals surface area contributed by atoms with E-state index in [1.165, 1.54) is 0 Å². The van der Waals surface area contributed by atoms with Crippen molar-refractivity contribution in [2.45, 2.75) is 31.6 Å². The molecule has 0 bridgehead atoms. The summed E-state index contributed by atoms with van der Waals surface area (Å²) in [5.74, 6) is -1.28. The predicted molar refractivity (Wildman–Crippen MR) is 52.2 cm³/mol. The van der Waals surface area contributed by atoms with Crippen molar-refractivity contribution in [1.29, 1.82) is 0 Å². The molecule has 0 aromatic heterocycles. The molecule has 1 atom stereocenters. The molecule has 0 aromatic rings. The summed E-state index contributed by atoms with van der Waals surface area (Å²) in [6.45, 7) is 3.14. The minimum absolute atomic E-state index is 0.427. The van der Waals surface area contributed by atoms with E-state index in [-0.39, 0.29) is 0 Å². The zero-order valence-corrected chi connectivity index (χ0v) is 9.72. The number of hydrogen-bond acceptors (Lipinski definition) is 5. The number of alkyl halides is 3. The van der Waals surface area contributed by atoms with E-state index in [0.717, 1.165) is 11.3 Å². The number of nitrogens with one attached hydrogen (secondary N) is 1. The van der Waals surface area contributed by atoms with Crippen molar-refractivity contribution in [1.82, 2.24) is 10.4 Å². The third-order valence-corrected chi connectivity index (χ3v) is 3.02. The Labute approximate surface area is 91.2 Å². The Bertz CT molecular complexity index is 402. The van der Waals surface area contributed by atoms with Crippen molar-refractivity contribution in [3.8, 4) is 0 Å². The zero-order valence-electron chi connectivity index (χ0n) is 8.91. The van der Waals surface area contributed by atoms with E-state index in [9.17, 15) is 21.6 Å². The lowest BCUT2D eigenvalue weighted by Gasteiger charge is -2.25. The van der Waals surface area contributed by atoms with Gasteiger partial charge in [-0.15, -0.1) is 0 Å². The fraction of sp³-hybridized carbons (Fsp3) is 0.857. The van der Waals surface area contributed by atoms with Gasteiger partial charge in [-0.1, -0.05) is 0 Å². The summed E-state index contributed by atoms with van der Waals surface area (Å²) in [5.41, 5.74) is 0.442. The van der Waals surface area contributed by atoms with Gasteiger partial charge in [0.15, 0.2) is 9.84 Å². The van der Waals surface area contributed by atoms with Gasteiger partial charge in [0.1, 0.15) is 0 Å². The molecule has 0 spiro atoms. The largest absolute Gasteiger partial charge is 0.450 e. The van der Waals surface area contributed by atoms with Gasteiger partial charge in [-0.05, 0) is 13.8 Å². The maximum Gasteiger partial charge on any atom is 0.450 e. The van der Waals surface area contributed by atoms with E-state index in [1.807, 2.05) is 5.43 Å². The Morgan fingerprint density at radius 2 is 1.94 bits per heavy atom. The first-order valence-electron chi connectivity index (χ1n) is 4.42. The SMILES string of the molecule is CC(C)N1NC(C(F)(F)F)=NC1S(C)(=O)=O. The molecule has 1 aliphatic heterocycles. The number of hydrogen-bond donors (Lipinski definition) is 1. The van der Waals surface area contributed by atoms with Crippen LogP contribution in [0.5, 0.6) is 0 Å². The molecular weight excluding hydrogens is 247 g/mol. The van der Waals surface area contributed by atoms with Crippen LogP contribution in [0.25, 0.3) is 0 Å². The van der Waals surface area contributed by atoms with Gasteiger partial charge in [-0.2, -0.15) is 18.2 Å². The lowest BCUT2D eigenvalue weighted by atomic mass is 10.4. The summed E-state index contributed by atoms with van der Waals surface area (Å²) in [5, 5.41) is 0.957. The van der Waals surface area contributed by atoms with E-state index < -0.39 is 33.4 Å². The van der Waals surface area contributed by atoms with E-state index in [2.05, 4.69) is 4.99 Å². The number of aliphatic imine (C=N–C) groups is 1. The van der Waals surface area contributed by atoms with Crippen molar-refractivity contribution in [3.05, 3.63) is 0 Å². The Morgan fingerprint density at radius 3 is 2.19 bits per heavy atom. The van der Waals surface area contributed by atoms with Crippen molar-refractivity contribution in [2.75, 3.05) is 6.26 Å². The molecule has 0 radical (unpaired) electrons. The highest BCUT2D eigenvalue weighted by Crippen LogP contribution is 2.24. The molecule has 9 heteroatoms. The van der Waals surface area contributed by atoms with Crippen molar-refractivity contribution < 1.29 is 21.6 Å². The smallest absolute Gasteiger partial charge is 0.296 e. The third-order valence-electron chi connectivity index (χ3n) is 1.92. The molecule has 0 amide bonds. The first-order chi connectivity index (χ1) is 7.03. The summed E-state index contributed by atoms with van der Waals surface area (Å²) in [6, 6.07) is -0.427. The lowest BCUT2D eigenvalue weighted by Crippen LogP contribution is -2.50. The van der Waals surface area contributed by atoms with Crippen molar-refractivity contribution >= 4 is 15.7 Å². The molecule has 0 aromatic carbocycles. The topological polar surface area (TPSA) is 61.8 Å². The molecule has 1 heterocycles. The van der Waals surface area contributed by atoms with Gasteiger partial charge in [-0.3, -0.25) is 5.43 Å². The summed E-state index contributed by atoms with van der Waals surface area (Å²) in [6.07, 6.45) is -3.83. The fourth-order valence-corrected chi connectivity index (χ4v) is 2.21. The quantitative estimate of drug-likeness (QED) is 0.784. The first-order valence-corrected chi connectivity index (χ1v) is 6.38. The maximum absolute atomic E-state index is 12.3. The molecule has 5 nitrogen and oxygen atoms in total. The molecule has 1 aliphatic rings. The summed E-state index contributed by atoms with van der Waals surface area (Å²) in [7, 11) is -3.71. The first kappa shape index (κ1) is 13.2. The lowest BCUT2D eigenvalue weighted by molar-refractivity contribution is -0.0635. The van der Waals surface area contributed by atoms with Crippen molar-refractivity contribution in [2.24, 2.45) is 4.99 Å². The number of sulfone groups is 1. The summed E-state index contributed by atoms with van der Waals surface area (Å²) >= 11 is 0. The van der Waals surface area contributed by atoms with Crippen LogP contribution in [0.2, 0.25) is 0 Å². The van der Waals surface area contributed by atoms with Gasteiger partial charge in [0.05, 0.1) is 0 Å². The molecule has 1 N–H and O–H groups in total. The Hall–Kier alpha value is -0.830. The molecular formula is C7H12F3N3O2S. The molecule has 16 heavy (non-hydrogen) atoms. The number of nitrogens with zero attached hydrogens (tertiary/aromatic N) is 2. The minimum Gasteiger partial charge on any atom is -0.296 e. The summed E-state index contributed by atoms with van der Waals surface area (Å²) < 4.78 is 59.6. The average molecular weight is 259 g/mol. The van der Waals surface area contributed by atoms with E-state index in [0.29, 0.717) is 0 Å². The third kappa shape index (κ3) is 2.64. The predicted octanol–water partition coefficient (Wildman–Crippen LogP) is 0.504. The fourth-order valence-electron chi connectivity index (χ4n) is 1.20. The summed E-state index contributed by atoms with van der Waals surface area (Å²) in [4.78, 5) is 3.15. The Balaban J connectivity index is 3.08. The molecule has 0 aliphatic carbocycles. The normalized spacial score (nSPS) is 23.4. The van der Waals surface area contributed by atoms with Gasteiger partial charge >= 0.3 is 6.18 Å². The van der Waals surface area contributed by atoms with Crippen LogP contribution in [0.3, 0.4) is 0 Å². The van der Waals surface area contributed by atoms with Crippen molar-refractivity contribution in [3.63, 3.8) is 0 Å². The Morgan fingerprint density at radius 1 is 1.44 bits per heavy atom. The van der Waals surface area contributed by atoms with Gasteiger partial charge in [-0.25, -0.2) is 13.4 Å². The molecule has 0 saturated carbocycles. The highest BCUT2D eigenvalue weighted by Gasteiger charge is 2.46. The van der Waals surface area contributed by atoms with Gasteiger partial charge in [0.2, 0.25) is 11.3 Å². The second kappa shape index (κ2) is 3.88. The Kier molecular flexibility index (Phi) is 3.21. The van der Waals surface area contributed by atoms with Gasteiger partial charge in [0, 0.05) is 12.3 Å². The number of amidine groups is 1. The standard InChI is InChI=1S/C7H12F3N3O2S/c1-4(2)13-6(16(3,14)15)11-5(12-13)7(8,9)10/h4,6H,1-3H3,(H,11,12). The zero-order chi connectivity index (χ0) is 12.7. The monoisotopic (exact) mass is 259 g/mol. The highest BCUT2D eigenvalue weighted by molar-refractivity contribution is 7.91. The van der Waals surface area contributed by atoms with E-state index in [1.54, 1.807) is 13.8 Å². The maximum atomic E-state index is 12.3. The van der Waals surface area contributed by atoms with Crippen LogP contribution in [0, 0.1) is 0 Å². The van der Waals surface area contributed by atoms with Crippen LogP contribution in [0.1, 0.15) is 13.8 Å². The van der Waals surface area contributed by atoms with Crippen LogP contribution < -0.4 is 5.43 Å². The molecule has 1 rings (SSSR count). The number of hydrazine groups is 1. The van der Waals surface area contributed by atoms with Crippen LogP contribution >= 0.6 is 0 Å². The minimum atomic E-state index is -4.67. The molecule has 0 fully saturated rings. The molecule has 0 saturated heterocycles. The second-order valence-electron chi connectivity index (χ2n) is 3.74. The number of halogens is 3. The van der Waals surface area contributed by atoms with Crippen LogP contribution in [-0.2, 0) is 9.84 Å². The van der Waals surface area contributed by atoms with Gasteiger partial charge < -0.3 is 0 Å². The average Bonchev–Trinajstić information content (AvgIpc) is 2.44. The van der Waals surface area contributed by atoms with Crippen LogP contribution in [0.15, 0.2) is 4.99 Å². The van der Waals surface area contributed by atoms with Crippen LogP contribution in [0.4, 0.5) is 13.2 Å². The highest BCUT2D eigenvalue weighted by atomic mass is 32.2. The molecule has 94 valence electrons. The second-order valence-corrected chi connectivity index (χ2v) is 5.82. The van der Waals surface area contributed by atoms with E-state index >= 15 is 0 Å². The van der Waals surface area contributed by atoms with E-state index in [4.69, 9.17) is 0 Å². The molecule has 1 unspecified atom stereocenters.